The van der Waals surface area contributed by atoms with Crippen molar-refractivity contribution >= 4 is 17.7 Å². The zero-order valence-electron chi connectivity index (χ0n) is 11.3. The predicted octanol–water partition coefficient (Wildman–Crippen LogP) is 2.14. The molecule has 104 valence electrons. The maximum atomic E-state index is 11.4. The van der Waals surface area contributed by atoms with Crippen LogP contribution in [0.5, 0.6) is 5.88 Å². The molecule has 1 heterocycles. The Bertz CT molecular complexity index is 594. The standard InChI is InChI=1S/C14H15N3O2S/c1-9-7-12(18)17-14(16-9)20-8-10-3-5-11(6-4-10)13(19)15-2/h3-7H,8H2,1-2H3,(H,15,19)(H,16,17,18). The second kappa shape index (κ2) is 6.38. The van der Waals surface area contributed by atoms with Gasteiger partial charge in [0.2, 0.25) is 5.88 Å². The number of benzene rings is 1. The zero-order valence-corrected chi connectivity index (χ0v) is 12.1. The summed E-state index contributed by atoms with van der Waals surface area (Å²) in [6, 6.07) is 8.87. The molecule has 1 aromatic heterocycles. The average molecular weight is 289 g/mol. The van der Waals surface area contributed by atoms with Gasteiger partial charge in [0.15, 0.2) is 5.16 Å². The first-order chi connectivity index (χ1) is 9.58. The van der Waals surface area contributed by atoms with Crippen LogP contribution in [0.1, 0.15) is 21.6 Å². The zero-order chi connectivity index (χ0) is 14.5. The predicted molar refractivity (Wildman–Crippen MR) is 77.8 cm³/mol. The van der Waals surface area contributed by atoms with Crippen LogP contribution in [0.25, 0.3) is 0 Å². The molecule has 2 N–H and O–H groups in total. The smallest absolute Gasteiger partial charge is 0.251 e. The molecule has 0 spiro atoms. The third-order valence-electron chi connectivity index (χ3n) is 2.63. The van der Waals surface area contributed by atoms with E-state index in [9.17, 15) is 9.90 Å². The number of rotatable bonds is 4. The highest BCUT2D eigenvalue weighted by molar-refractivity contribution is 7.98. The molecule has 0 aliphatic rings. The molecule has 0 unspecified atom stereocenters. The SMILES string of the molecule is CNC(=O)c1ccc(CSc2nc(C)cc(O)n2)cc1. The van der Waals surface area contributed by atoms with E-state index in [4.69, 9.17) is 0 Å². The minimum absolute atomic E-state index is 0.0186. The van der Waals surface area contributed by atoms with Crippen LogP contribution >= 0.6 is 11.8 Å². The Morgan fingerprint density at radius 2 is 2.00 bits per heavy atom. The van der Waals surface area contributed by atoms with Crippen LogP contribution in [-0.2, 0) is 5.75 Å². The quantitative estimate of drug-likeness (QED) is 0.666. The number of nitrogens with one attached hydrogen (secondary N) is 1. The largest absolute Gasteiger partial charge is 0.493 e. The fourth-order valence-electron chi connectivity index (χ4n) is 1.63. The van der Waals surface area contributed by atoms with Crippen LogP contribution in [0.2, 0.25) is 0 Å². The Hall–Kier alpha value is -2.08. The molecule has 0 aliphatic heterocycles. The first-order valence-electron chi connectivity index (χ1n) is 6.07. The number of aryl methyl sites for hydroxylation is 1. The highest BCUT2D eigenvalue weighted by atomic mass is 32.2. The van der Waals surface area contributed by atoms with Crippen molar-refractivity contribution in [1.82, 2.24) is 15.3 Å². The van der Waals surface area contributed by atoms with Gasteiger partial charge in [0.05, 0.1) is 0 Å². The van der Waals surface area contributed by atoms with E-state index < -0.39 is 0 Å². The van der Waals surface area contributed by atoms with Gasteiger partial charge in [0, 0.05) is 30.1 Å². The number of carbonyl (C=O) groups excluding carboxylic acids is 1. The van der Waals surface area contributed by atoms with Gasteiger partial charge in [-0.1, -0.05) is 23.9 Å². The fourth-order valence-corrected chi connectivity index (χ4v) is 2.49. The molecule has 0 saturated carbocycles. The van der Waals surface area contributed by atoms with E-state index in [-0.39, 0.29) is 11.8 Å². The molecule has 2 rings (SSSR count). The monoisotopic (exact) mass is 289 g/mol. The normalized spacial score (nSPS) is 10.3. The van der Waals surface area contributed by atoms with Crippen molar-refractivity contribution < 1.29 is 9.90 Å². The van der Waals surface area contributed by atoms with Crippen LogP contribution in [0, 0.1) is 6.92 Å². The minimum Gasteiger partial charge on any atom is -0.493 e. The summed E-state index contributed by atoms with van der Waals surface area (Å²) in [6.45, 7) is 1.81. The molecule has 0 radical (unpaired) electrons. The molecule has 5 nitrogen and oxygen atoms in total. The van der Waals surface area contributed by atoms with Gasteiger partial charge in [0.1, 0.15) is 0 Å². The van der Waals surface area contributed by atoms with Crippen LogP contribution in [0.15, 0.2) is 35.5 Å². The Morgan fingerprint density at radius 1 is 1.30 bits per heavy atom. The number of hydrogen-bond acceptors (Lipinski definition) is 5. The molecule has 20 heavy (non-hydrogen) atoms. The maximum Gasteiger partial charge on any atom is 0.251 e. The second-order valence-corrected chi connectivity index (χ2v) is 5.16. The highest BCUT2D eigenvalue weighted by Gasteiger charge is 2.05. The van der Waals surface area contributed by atoms with Crippen molar-refractivity contribution in [2.24, 2.45) is 0 Å². The topological polar surface area (TPSA) is 75.1 Å². The van der Waals surface area contributed by atoms with Crippen LogP contribution in [0.3, 0.4) is 0 Å². The Kier molecular flexibility index (Phi) is 4.57. The molecule has 1 amide bonds. The summed E-state index contributed by atoms with van der Waals surface area (Å²) in [4.78, 5) is 19.6. The number of carbonyl (C=O) groups is 1. The molecule has 0 bridgehead atoms. The lowest BCUT2D eigenvalue weighted by Gasteiger charge is -2.04. The summed E-state index contributed by atoms with van der Waals surface area (Å²) in [7, 11) is 1.60. The number of aromatic hydroxyl groups is 1. The molecule has 1 aromatic carbocycles. The lowest BCUT2D eigenvalue weighted by atomic mass is 10.1. The summed E-state index contributed by atoms with van der Waals surface area (Å²) in [5, 5.41) is 12.5. The molecular formula is C14H15N3O2S. The number of aromatic nitrogens is 2. The van der Waals surface area contributed by atoms with Gasteiger partial charge in [-0.3, -0.25) is 4.79 Å². The van der Waals surface area contributed by atoms with Gasteiger partial charge in [0.25, 0.3) is 5.91 Å². The summed E-state index contributed by atoms with van der Waals surface area (Å²) in [5.41, 5.74) is 2.42. The van der Waals surface area contributed by atoms with E-state index in [1.807, 2.05) is 19.1 Å². The van der Waals surface area contributed by atoms with E-state index in [1.165, 1.54) is 17.8 Å². The molecule has 0 atom stereocenters. The van der Waals surface area contributed by atoms with Crippen molar-refractivity contribution in [3.05, 3.63) is 47.2 Å². The number of amides is 1. The number of nitrogens with zero attached hydrogens (tertiary/aromatic N) is 2. The number of thioether (sulfide) groups is 1. The average Bonchev–Trinajstić information content (AvgIpc) is 2.44. The van der Waals surface area contributed by atoms with E-state index in [0.717, 1.165) is 11.3 Å². The second-order valence-electron chi connectivity index (χ2n) is 4.21. The van der Waals surface area contributed by atoms with Gasteiger partial charge in [-0.2, -0.15) is 4.98 Å². The maximum absolute atomic E-state index is 11.4. The van der Waals surface area contributed by atoms with Gasteiger partial charge >= 0.3 is 0 Å². The van der Waals surface area contributed by atoms with Gasteiger partial charge < -0.3 is 10.4 Å². The first-order valence-corrected chi connectivity index (χ1v) is 7.05. The van der Waals surface area contributed by atoms with Crippen molar-refractivity contribution in [3.8, 4) is 5.88 Å². The summed E-state index contributed by atoms with van der Waals surface area (Å²) < 4.78 is 0. The molecule has 6 heteroatoms. The van der Waals surface area contributed by atoms with E-state index in [2.05, 4.69) is 15.3 Å². The van der Waals surface area contributed by atoms with E-state index in [0.29, 0.717) is 16.5 Å². The van der Waals surface area contributed by atoms with E-state index >= 15 is 0 Å². The van der Waals surface area contributed by atoms with Crippen molar-refractivity contribution in [2.45, 2.75) is 17.8 Å². The third kappa shape index (κ3) is 3.71. The van der Waals surface area contributed by atoms with Crippen molar-refractivity contribution in [2.75, 3.05) is 7.05 Å². The van der Waals surface area contributed by atoms with Gasteiger partial charge in [-0.05, 0) is 24.6 Å². The summed E-state index contributed by atoms with van der Waals surface area (Å²) in [5.74, 6) is 0.558. The molecule has 0 fully saturated rings. The molecular weight excluding hydrogens is 274 g/mol. The van der Waals surface area contributed by atoms with Crippen molar-refractivity contribution in [1.29, 1.82) is 0 Å². The Labute approximate surface area is 121 Å². The molecule has 0 aliphatic carbocycles. The number of hydrogen-bond donors (Lipinski definition) is 2. The summed E-state index contributed by atoms with van der Waals surface area (Å²) in [6.07, 6.45) is 0. The van der Waals surface area contributed by atoms with Gasteiger partial charge in [-0.25, -0.2) is 4.98 Å². The van der Waals surface area contributed by atoms with Gasteiger partial charge in [-0.15, -0.1) is 0 Å². The Morgan fingerprint density at radius 3 is 2.60 bits per heavy atom. The minimum atomic E-state index is -0.101. The molecule has 0 saturated heterocycles. The lowest BCUT2D eigenvalue weighted by Crippen LogP contribution is -2.17. The third-order valence-corrected chi connectivity index (χ3v) is 3.55. The fraction of sp³-hybridized carbons (Fsp3) is 0.214. The van der Waals surface area contributed by atoms with E-state index in [1.54, 1.807) is 19.2 Å². The van der Waals surface area contributed by atoms with Crippen LogP contribution < -0.4 is 5.32 Å². The first kappa shape index (κ1) is 14.3. The summed E-state index contributed by atoms with van der Waals surface area (Å²) >= 11 is 1.44. The lowest BCUT2D eigenvalue weighted by molar-refractivity contribution is 0.0963. The Balaban J connectivity index is 2.02. The molecule has 2 aromatic rings. The van der Waals surface area contributed by atoms with Crippen LogP contribution in [-0.4, -0.2) is 28.0 Å². The van der Waals surface area contributed by atoms with Crippen LogP contribution in [0.4, 0.5) is 0 Å². The van der Waals surface area contributed by atoms with Crippen molar-refractivity contribution in [3.63, 3.8) is 0 Å². The highest BCUT2D eigenvalue weighted by Crippen LogP contribution is 2.21.